The number of amides is 1. The summed E-state index contributed by atoms with van der Waals surface area (Å²) in [5.41, 5.74) is 1.88. The number of alkyl halides is 2. The van der Waals surface area contributed by atoms with E-state index in [9.17, 15) is 18.7 Å². The first-order valence-corrected chi connectivity index (χ1v) is 7.82. The van der Waals surface area contributed by atoms with Crippen LogP contribution in [-0.2, 0) is 11.2 Å². The molecule has 126 valence electrons. The first-order chi connectivity index (χ1) is 11.0. The molecule has 0 radical (unpaired) electrons. The minimum Gasteiger partial charge on any atom is -0.435 e. The fraction of sp³-hybridized carbons (Fsp3) is 0.562. The van der Waals surface area contributed by atoms with Crippen LogP contribution in [0.2, 0.25) is 0 Å². The smallest absolute Gasteiger partial charge is 0.387 e. The van der Waals surface area contributed by atoms with Crippen molar-refractivity contribution in [2.75, 3.05) is 6.54 Å². The molecule has 1 heterocycles. The number of β-amino-alcohol motifs (C(OH)–C–C–N with tert-alkyl or cyclic N) is 1. The Morgan fingerprint density at radius 2 is 2.26 bits per heavy atom. The quantitative estimate of drug-likeness (QED) is 0.784. The maximum Gasteiger partial charge on any atom is 0.387 e. The van der Waals surface area contributed by atoms with E-state index in [0.29, 0.717) is 13.0 Å². The van der Waals surface area contributed by atoms with Gasteiger partial charge in [-0.05, 0) is 48.9 Å². The van der Waals surface area contributed by atoms with Gasteiger partial charge in [0.15, 0.2) is 0 Å². The monoisotopic (exact) mass is 326 g/mol. The highest BCUT2D eigenvalue weighted by atomic mass is 19.3. The van der Waals surface area contributed by atoms with Gasteiger partial charge in [-0.1, -0.05) is 6.07 Å². The molecule has 23 heavy (non-hydrogen) atoms. The molecule has 1 aliphatic carbocycles. The van der Waals surface area contributed by atoms with Gasteiger partial charge in [-0.3, -0.25) is 4.79 Å². The van der Waals surface area contributed by atoms with E-state index in [-0.39, 0.29) is 23.7 Å². The number of carbonyl (C=O) groups excluding carboxylic acids is 1. The number of ether oxygens (including phenoxy) is 1. The molecule has 0 spiro atoms. The first kappa shape index (κ1) is 16.1. The van der Waals surface area contributed by atoms with E-state index in [2.05, 4.69) is 15.4 Å². The lowest BCUT2D eigenvalue weighted by Crippen LogP contribution is -2.42. The predicted octanol–water partition coefficient (Wildman–Crippen LogP) is 1.50. The number of rotatable bonds is 4. The number of fused-ring (bicyclic) bond motifs is 1. The molecular weight excluding hydrogens is 306 g/mol. The Morgan fingerprint density at radius 3 is 2.96 bits per heavy atom. The highest BCUT2D eigenvalue weighted by Crippen LogP contribution is 2.32. The Morgan fingerprint density at radius 1 is 1.43 bits per heavy atom. The fourth-order valence-corrected chi connectivity index (χ4v) is 3.31. The van der Waals surface area contributed by atoms with Crippen LogP contribution in [0.25, 0.3) is 0 Å². The summed E-state index contributed by atoms with van der Waals surface area (Å²) >= 11 is 0. The van der Waals surface area contributed by atoms with Gasteiger partial charge in [0.1, 0.15) is 5.75 Å². The van der Waals surface area contributed by atoms with Crippen LogP contribution in [-0.4, -0.2) is 36.3 Å². The fourth-order valence-electron chi connectivity index (χ4n) is 3.31. The van der Waals surface area contributed by atoms with Gasteiger partial charge in [0.05, 0.1) is 18.2 Å². The molecule has 0 aromatic heterocycles. The summed E-state index contributed by atoms with van der Waals surface area (Å²) in [6.45, 7) is -2.42. The van der Waals surface area contributed by atoms with Gasteiger partial charge in [0, 0.05) is 6.54 Å². The Bertz CT molecular complexity index is 582. The number of halogens is 2. The number of aryl methyl sites for hydroxylation is 1. The summed E-state index contributed by atoms with van der Waals surface area (Å²) in [5.74, 6) is 0.0126. The van der Waals surface area contributed by atoms with Gasteiger partial charge in [0.2, 0.25) is 5.91 Å². The van der Waals surface area contributed by atoms with Crippen LogP contribution in [0, 0.1) is 0 Å². The lowest BCUT2D eigenvalue weighted by Gasteiger charge is -2.28. The number of carbonyl (C=O) groups is 1. The van der Waals surface area contributed by atoms with E-state index in [1.807, 2.05) is 0 Å². The number of hydrogen-bond acceptors (Lipinski definition) is 4. The van der Waals surface area contributed by atoms with E-state index in [4.69, 9.17) is 0 Å². The van der Waals surface area contributed by atoms with E-state index in [0.717, 1.165) is 30.4 Å². The van der Waals surface area contributed by atoms with Gasteiger partial charge in [-0.25, -0.2) is 0 Å². The third kappa shape index (κ3) is 3.79. The van der Waals surface area contributed by atoms with Crippen LogP contribution < -0.4 is 15.4 Å². The van der Waals surface area contributed by atoms with Crippen molar-refractivity contribution >= 4 is 5.91 Å². The molecule has 0 saturated carbocycles. The lowest BCUT2D eigenvalue weighted by molar-refractivity contribution is -0.123. The average Bonchev–Trinajstić information content (AvgIpc) is 2.93. The highest BCUT2D eigenvalue weighted by molar-refractivity contribution is 5.82. The summed E-state index contributed by atoms with van der Waals surface area (Å²) in [6, 6.07) is 4.36. The summed E-state index contributed by atoms with van der Waals surface area (Å²) < 4.78 is 29.0. The van der Waals surface area contributed by atoms with E-state index < -0.39 is 12.7 Å². The van der Waals surface area contributed by atoms with Crippen LogP contribution in [0.3, 0.4) is 0 Å². The van der Waals surface area contributed by atoms with Crippen LogP contribution in [0.4, 0.5) is 8.78 Å². The second-order valence-electron chi connectivity index (χ2n) is 6.04. The number of hydrogen-bond donors (Lipinski definition) is 3. The maximum absolute atomic E-state index is 12.3. The van der Waals surface area contributed by atoms with Gasteiger partial charge >= 0.3 is 6.61 Å². The first-order valence-electron chi connectivity index (χ1n) is 7.82. The van der Waals surface area contributed by atoms with Crippen LogP contribution >= 0.6 is 0 Å². The largest absolute Gasteiger partial charge is 0.435 e. The van der Waals surface area contributed by atoms with Crippen molar-refractivity contribution in [2.24, 2.45) is 0 Å². The van der Waals surface area contributed by atoms with E-state index in [1.54, 1.807) is 12.1 Å². The predicted molar refractivity (Wildman–Crippen MR) is 79.3 cm³/mol. The van der Waals surface area contributed by atoms with Gasteiger partial charge in [-0.15, -0.1) is 0 Å². The van der Waals surface area contributed by atoms with Crippen LogP contribution in [0.15, 0.2) is 18.2 Å². The molecule has 1 fully saturated rings. The van der Waals surface area contributed by atoms with Gasteiger partial charge < -0.3 is 20.5 Å². The molecule has 1 aromatic rings. The molecule has 1 aliphatic heterocycles. The molecule has 3 N–H and O–H groups in total. The summed E-state index contributed by atoms with van der Waals surface area (Å²) in [4.78, 5) is 12.3. The second-order valence-corrected chi connectivity index (χ2v) is 6.04. The minimum atomic E-state index is -2.84. The average molecular weight is 326 g/mol. The Labute approximate surface area is 133 Å². The van der Waals surface area contributed by atoms with Gasteiger partial charge in [0.25, 0.3) is 0 Å². The third-order valence-corrected chi connectivity index (χ3v) is 4.39. The maximum atomic E-state index is 12.3. The molecule has 3 rings (SSSR count). The normalized spacial score (nSPS) is 26.9. The molecule has 3 atom stereocenters. The number of benzene rings is 1. The number of nitrogens with one attached hydrogen (secondary N) is 2. The summed E-state index contributed by atoms with van der Waals surface area (Å²) in [6.07, 6.45) is 2.38. The number of aliphatic hydroxyl groups excluding tert-OH is 1. The second kappa shape index (κ2) is 6.80. The SMILES string of the molecule is O=C(NC1CCCc2cc(OC(F)F)ccc21)C1CC(O)CN1. The standard InChI is InChI=1S/C16H20F2N2O3/c17-16(18)23-11-4-5-12-9(6-11)2-1-3-13(12)20-15(22)14-7-10(21)8-19-14/h4-6,10,13-14,16,19,21H,1-3,7-8H2,(H,20,22). The zero-order valence-electron chi connectivity index (χ0n) is 12.6. The van der Waals surface area contributed by atoms with Crippen molar-refractivity contribution < 1.29 is 23.4 Å². The molecule has 0 bridgehead atoms. The van der Waals surface area contributed by atoms with Crippen molar-refractivity contribution in [1.29, 1.82) is 0 Å². The van der Waals surface area contributed by atoms with Crippen molar-refractivity contribution in [1.82, 2.24) is 10.6 Å². The minimum absolute atomic E-state index is 0.132. The Hall–Kier alpha value is -1.73. The van der Waals surface area contributed by atoms with Gasteiger partial charge in [-0.2, -0.15) is 8.78 Å². The summed E-state index contributed by atoms with van der Waals surface area (Å²) in [7, 11) is 0. The van der Waals surface area contributed by atoms with Crippen molar-refractivity contribution in [3.63, 3.8) is 0 Å². The highest BCUT2D eigenvalue weighted by Gasteiger charge is 2.30. The van der Waals surface area contributed by atoms with E-state index >= 15 is 0 Å². The Kier molecular flexibility index (Phi) is 4.77. The number of aliphatic hydroxyl groups is 1. The molecule has 2 aliphatic rings. The molecule has 1 amide bonds. The zero-order valence-corrected chi connectivity index (χ0v) is 12.6. The Balaban J connectivity index is 1.70. The molecular formula is C16H20F2N2O3. The molecule has 1 aromatic carbocycles. The molecule has 1 saturated heterocycles. The van der Waals surface area contributed by atoms with Crippen molar-refractivity contribution in [3.8, 4) is 5.75 Å². The molecule has 3 unspecified atom stereocenters. The zero-order chi connectivity index (χ0) is 16.4. The van der Waals surface area contributed by atoms with Crippen LogP contribution in [0.1, 0.15) is 36.4 Å². The van der Waals surface area contributed by atoms with Crippen LogP contribution in [0.5, 0.6) is 5.75 Å². The lowest BCUT2D eigenvalue weighted by atomic mass is 9.87. The van der Waals surface area contributed by atoms with Crippen molar-refractivity contribution in [3.05, 3.63) is 29.3 Å². The van der Waals surface area contributed by atoms with E-state index in [1.165, 1.54) is 6.07 Å². The third-order valence-electron chi connectivity index (χ3n) is 4.39. The topological polar surface area (TPSA) is 70.6 Å². The van der Waals surface area contributed by atoms with Crippen molar-refractivity contribution in [2.45, 2.75) is 50.5 Å². The molecule has 5 nitrogen and oxygen atoms in total. The summed E-state index contributed by atoms with van der Waals surface area (Å²) in [5, 5.41) is 15.5. The molecule has 7 heteroatoms.